The number of ether oxygens (including phenoxy) is 1. The van der Waals surface area contributed by atoms with Crippen LogP contribution in [-0.4, -0.2) is 37.6 Å². The van der Waals surface area contributed by atoms with Gasteiger partial charge >= 0.3 is 0 Å². The van der Waals surface area contributed by atoms with Gasteiger partial charge in [0.25, 0.3) is 5.91 Å². The van der Waals surface area contributed by atoms with Crippen molar-refractivity contribution in [2.75, 3.05) is 26.7 Å². The Hall–Kier alpha value is -1.55. The van der Waals surface area contributed by atoms with Gasteiger partial charge in [0, 0.05) is 18.7 Å². The lowest BCUT2D eigenvalue weighted by molar-refractivity contribution is 0.0687. The maximum atomic E-state index is 12.5. The topological polar surface area (TPSA) is 55.6 Å². The molecular weight excluding hydrogens is 252 g/mol. The van der Waals surface area contributed by atoms with Crippen LogP contribution in [0.1, 0.15) is 35.2 Å². The molecule has 2 rings (SSSR count). The number of benzene rings is 1. The fourth-order valence-corrected chi connectivity index (χ4v) is 2.80. The summed E-state index contributed by atoms with van der Waals surface area (Å²) in [6, 6.07) is 5.66. The molecule has 1 aliphatic heterocycles. The van der Waals surface area contributed by atoms with Crippen molar-refractivity contribution in [3.63, 3.8) is 0 Å². The zero-order valence-corrected chi connectivity index (χ0v) is 12.4. The maximum absolute atomic E-state index is 12.5. The standard InChI is InChI=1S/C16H24N2O2/c1-12-3-4-14(11-15(12)20-2)16(19)18-9-6-13(5-8-17)7-10-18/h3-4,11,13H,5-10,17H2,1-2H3. The summed E-state index contributed by atoms with van der Waals surface area (Å²) < 4.78 is 5.29. The van der Waals surface area contributed by atoms with Crippen molar-refractivity contribution < 1.29 is 9.53 Å². The van der Waals surface area contributed by atoms with Gasteiger partial charge in [-0.15, -0.1) is 0 Å². The Labute approximate surface area is 120 Å². The molecule has 1 saturated heterocycles. The minimum Gasteiger partial charge on any atom is -0.496 e. The van der Waals surface area contributed by atoms with E-state index in [1.165, 1.54) is 0 Å². The van der Waals surface area contributed by atoms with Crippen molar-refractivity contribution in [3.05, 3.63) is 29.3 Å². The van der Waals surface area contributed by atoms with Crippen molar-refractivity contribution in [1.29, 1.82) is 0 Å². The van der Waals surface area contributed by atoms with Crippen molar-refractivity contribution in [3.8, 4) is 5.75 Å². The lowest BCUT2D eigenvalue weighted by atomic mass is 9.93. The Morgan fingerprint density at radius 3 is 2.70 bits per heavy atom. The van der Waals surface area contributed by atoms with E-state index in [4.69, 9.17) is 10.5 Å². The summed E-state index contributed by atoms with van der Waals surface area (Å²) in [4.78, 5) is 14.4. The number of carbonyl (C=O) groups is 1. The van der Waals surface area contributed by atoms with Crippen LogP contribution in [0.3, 0.4) is 0 Å². The minimum atomic E-state index is 0.106. The molecule has 1 aromatic carbocycles. The predicted octanol–water partition coefficient (Wildman–Crippen LogP) is 2.20. The summed E-state index contributed by atoms with van der Waals surface area (Å²) in [6.07, 6.45) is 3.19. The average Bonchev–Trinajstić information content (AvgIpc) is 2.48. The summed E-state index contributed by atoms with van der Waals surface area (Å²) >= 11 is 0. The van der Waals surface area contributed by atoms with Gasteiger partial charge in [-0.25, -0.2) is 0 Å². The smallest absolute Gasteiger partial charge is 0.253 e. The number of nitrogens with zero attached hydrogens (tertiary/aromatic N) is 1. The highest BCUT2D eigenvalue weighted by Crippen LogP contribution is 2.24. The Bertz CT molecular complexity index is 466. The number of piperidine rings is 1. The molecule has 0 aromatic heterocycles. The second-order valence-electron chi connectivity index (χ2n) is 5.50. The molecule has 0 radical (unpaired) electrons. The molecular formula is C16H24N2O2. The van der Waals surface area contributed by atoms with Crippen molar-refractivity contribution in [1.82, 2.24) is 4.90 Å². The minimum absolute atomic E-state index is 0.106. The average molecular weight is 276 g/mol. The van der Waals surface area contributed by atoms with Gasteiger partial charge in [-0.05, 0) is 56.3 Å². The molecule has 0 unspecified atom stereocenters. The third kappa shape index (κ3) is 3.31. The van der Waals surface area contributed by atoms with Crippen molar-refractivity contribution in [2.24, 2.45) is 11.7 Å². The highest BCUT2D eigenvalue weighted by atomic mass is 16.5. The first-order valence-corrected chi connectivity index (χ1v) is 7.29. The van der Waals surface area contributed by atoms with Gasteiger partial charge in [-0.1, -0.05) is 6.07 Å². The first-order valence-electron chi connectivity index (χ1n) is 7.29. The fourth-order valence-electron chi connectivity index (χ4n) is 2.80. The Balaban J connectivity index is 2.02. The molecule has 1 aromatic rings. The number of nitrogens with two attached hydrogens (primary N) is 1. The number of rotatable bonds is 4. The van der Waals surface area contributed by atoms with Crippen LogP contribution >= 0.6 is 0 Å². The highest BCUT2D eigenvalue weighted by molar-refractivity contribution is 5.94. The number of amides is 1. The van der Waals surface area contributed by atoms with Crippen molar-refractivity contribution in [2.45, 2.75) is 26.2 Å². The highest BCUT2D eigenvalue weighted by Gasteiger charge is 2.23. The maximum Gasteiger partial charge on any atom is 0.253 e. The van der Waals surface area contributed by atoms with E-state index in [-0.39, 0.29) is 5.91 Å². The SMILES string of the molecule is COc1cc(C(=O)N2CCC(CCN)CC2)ccc1C. The molecule has 1 fully saturated rings. The second kappa shape index (κ2) is 6.75. The van der Waals surface area contributed by atoms with E-state index in [9.17, 15) is 4.79 Å². The van der Waals surface area contributed by atoms with E-state index >= 15 is 0 Å². The Morgan fingerprint density at radius 1 is 1.40 bits per heavy atom. The normalized spacial score (nSPS) is 16.2. The Morgan fingerprint density at radius 2 is 2.10 bits per heavy atom. The molecule has 110 valence electrons. The van der Waals surface area contributed by atoms with Crippen LogP contribution in [0, 0.1) is 12.8 Å². The van der Waals surface area contributed by atoms with Crippen LogP contribution < -0.4 is 10.5 Å². The molecule has 0 atom stereocenters. The summed E-state index contributed by atoms with van der Waals surface area (Å²) in [5.41, 5.74) is 7.36. The summed E-state index contributed by atoms with van der Waals surface area (Å²) in [5, 5.41) is 0. The van der Waals surface area contributed by atoms with Gasteiger partial charge in [0.1, 0.15) is 5.75 Å². The van der Waals surface area contributed by atoms with E-state index in [2.05, 4.69) is 0 Å². The predicted molar refractivity (Wildman–Crippen MR) is 80.0 cm³/mol. The van der Waals surface area contributed by atoms with Crippen LogP contribution in [-0.2, 0) is 0 Å². The number of likely N-dealkylation sites (tertiary alicyclic amines) is 1. The number of hydrogen-bond acceptors (Lipinski definition) is 3. The first-order chi connectivity index (χ1) is 9.65. The molecule has 4 heteroatoms. The van der Waals surface area contributed by atoms with Crippen LogP contribution in [0.2, 0.25) is 0 Å². The zero-order valence-electron chi connectivity index (χ0n) is 12.4. The van der Waals surface area contributed by atoms with E-state index < -0.39 is 0 Å². The van der Waals surface area contributed by atoms with Gasteiger partial charge in [-0.2, -0.15) is 0 Å². The molecule has 2 N–H and O–H groups in total. The van der Waals surface area contributed by atoms with Gasteiger partial charge in [-0.3, -0.25) is 4.79 Å². The summed E-state index contributed by atoms with van der Waals surface area (Å²) in [6.45, 7) is 4.39. The largest absolute Gasteiger partial charge is 0.496 e. The number of hydrogen-bond donors (Lipinski definition) is 1. The second-order valence-corrected chi connectivity index (χ2v) is 5.50. The molecule has 0 aliphatic carbocycles. The molecule has 0 saturated carbocycles. The number of methoxy groups -OCH3 is 1. The Kier molecular flexibility index (Phi) is 5.01. The van der Waals surface area contributed by atoms with Gasteiger partial charge in [0.2, 0.25) is 0 Å². The quantitative estimate of drug-likeness (QED) is 0.917. The molecule has 0 spiro atoms. The van der Waals surface area contributed by atoms with Gasteiger partial charge < -0.3 is 15.4 Å². The van der Waals surface area contributed by atoms with E-state index in [0.29, 0.717) is 11.5 Å². The van der Waals surface area contributed by atoms with Gasteiger partial charge in [0.05, 0.1) is 7.11 Å². The monoisotopic (exact) mass is 276 g/mol. The fraction of sp³-hybridized carbons (Fsp3) is 0.562. The van der Waals surface area contributed by atoms with Crippen LogP contribution in [0.4, 0.5) is 0 Å². The van der Waals surface area contributed by atoms with E-state index in [1.54, 1.807) is 7.11 Å². The third-order valence-corrected chi connectivity index (χ3v) is 4.13. The van der Waals surface area contributed by atoms with Crippen LogP contribution in [0.25, 0.3) is 0 Å². The van der Waals surface area contributed by atoms with Crippen molar-refractivity contribution >= 4 is 5.91 Å². The van der Waals surface area contributed by atoms with E-state index in [0.717, 1.165) is 50.2 Å². The van der Waals surface area contributed by atoms with E-state index in [1.807, 2.05) is 30.0 Å². The molecule has 4 nitrogen and oxygen atoms in total. The van der Waals surface area contributed by atoms with Crippen LogP contribution in [0.15, 0.2) is 18.2 Å². The summed E-state index contributed by atoms with van der Waals surface area (Å²) in [7, 11) is 1.63. The first kappa shape index (κ1) is 14.9. The molecule has 1 aliphatic rings. The van der Waals surface area contributed by atoms with Gasteiger partial charge in [0.15, 0.2) is 0 Å². The summed E-state index contributed by atoms with van der Waals surface area (Å²) in [5.74, 6) is 1.56. The zero-order chi connectivity index (χ0) is 14.5. The molecule has 1 heterocycles. The number of aryl methyl sites for hydroxylation is 1. The van der Waals surface area contributed by atoms with Crippen LogP contribution in [0.5, 0.6) is 5.75 Å². The third-order valence-electron chi connectivity index (χ3n) is 4.13. The lowest BCUT2D eigenvalue weighted by Crippen LogP contribution is -2.38. The lowest BCUT2D eigenvalue weighted by Gasteiger charge is -2.32. The number of carbonyl (C=O) groups excluding carboxylic acids is 1. The molecule has 0 bridgehead atoms. The molecule has 20 heavy (non-hydrogen) atoms. The molecule has 1 amide bonds.